The van der Waals surface area contributed by atoms with Crippen LogP contribution < -0.4 is 5.73 Å². The number of rotatable bonds is 5. The van der Waals surface area contributed by atoms with E-state index in [1.54, 1.807) is 6.07 Å². The Labute approximate surface area is 163 Å². The van der Waals surface area contributed by atoms with Crippen molar-refractivity contribution in [3.8, 4) is 5.75 Å². The molecule has 2 aliphatic rings. The summed E-state index contributed by atoms with van der Waals surface area (Å²) in [6.07, 6.45) is 5.63. The van der Waals surface area contributed by atoms with E-state index in [4.69, 9.17) is 5.73 Å². The largest absolute Gasteiger partial charge is 0.508 e. The van der Waals surface area contributed by atoms with Gasteiger partial charge in [-0.15, -0.1) is 0 Å². The van der Waals surface area contributed by atoms with Crippen molar-refractivity contribution in [1.82, 2.24) is 4.90 Å². The maximum atomic E-state index is 10.0. The maximum absolute atomic E-state index is 10.0. The standard InChI is InChI=1S/C24H32N2O/c1-18-17-26(12-6-9-19-7-3-2-4-8-19)22-14-21(25)15-24(18,16-22)20-10-5-11-23(27)13-20/h2-5,7-8,10-11,13,18,21-22,27H,6,9,12,14-17,25H2,1H3/t18-,21?,22?,24?/m1/s1. The number of nitrogens with zero attached hydrogens (tertiary/aromatic N) is 1. The van der Waals surface area contributed by atoms with E-state index in [0.717, 1.165) is 38.8 Å². The van der Waals surface area contributed by atoms with Crippen LogP contribution in [0.2, 0.25) is 0 Å². The second-order valence-electron chi connectivity index (χ2n) is 8.75. The van der Waals surface area contributed by atoms with Crippen molar-refractivity contribution >= 4 is 0 Å². The van der Waals surface area contributed by atoms with Gasteiger partial charge in [0.15, 0.2) is 0 Å². The van der Waals surface area contributed by atoms with Gasteiger partial charge < -0.3 is 10.8 Å². The SMILES string of the molecule is C[C@@H]1CN(CCCc2ccccc2)C2CC(N)CC1(c1cccc(O)c1)C2. The molecule has 2 aromatic rings. The summed E-state index contributed by atoms with van der Waals surface area (Å²) in [6, 6.07) is 19.5. The van der Waals surface area contributed by atoms with E-state index < -0.39 is 0 Å². The lowest BCUT2D eigenvalue weighted by molar-refractivity contribution is 0.00191. The van der Waals surface area contributed by atoms with E-state index in [-0.39, 0.29) is 11.5 Å². The van der Waals surface area contributed by atoms with Gasteiger partial charge in [0, 0.05) is 24.0 Å². The number of likely N-dealkylation sites (tertiary alicyclic amines) is 1. The van der Waals surface area contributed by atoms with Crippen LogP contribution in [0, 0.1) is 5.92 Å². The molecule has 3 unspecified atom stereocenters. The van der Waals surface area contributed by atoms with Crippen LogP contribution in [0.1, 0.15) is 43.7 Å². The molecular weight excluding hydrogens is 332 g/mol. The normalized spacial score (nSPS) is 31.0. The van der Waals surface area contributed by atoms with E-state index >= 15 is 0 Å². The van der Waals surface area contributed by atoms with Crippen molar-refractivity contribution in [2.24, 2.45) is 11.7 Å². The topological polar surface area (TPSA) is 49.5 Å². The monoisotopic (exact) mass is 364 g/mol. The van der Waals surface area contributed by atoms with E-state index in [2.05, 4.69) is 48.2 Å². The maximum Gasteiger partial charge on any atom is 0.115 e. The number of fused-ring (bicyclic) bond motifs is 2. The number of aromatic hydroxyl groups is 1. The molecule has 4 rings (SSSR count). The Balaban J connectivity index is 1.48. The van der Waals surface area contributed by atoms with Crippen LogP contribution in [0.4, 0.5) is 0 Å². The molecule has 2 bridgehead atoms. The first-order valence-corrected chi connectivity index (χ1v) is 10.4. The second-order valence-corrected chi connectivity index (χ2v) is 8.75. The molecule has 0 spiro atoms. The number of hydrogen-bond donors (Lipinski definition) is 2. The average Bonchev–Trinajstić information content (AvgIpc) is 2.66. The number of nitrogens with two attached hydrogens (primary N) is 1. The summed E-state index contributed by atoms with van der Waals surface area (Å²) < 4.78 is 0. The molecule has 3 N–H and O–H groups in total. The number of hydrogen-bond acceptors (Lipinski definition) is 3. The molecule has 0 amide bonds. The quantitative estimate of drug-likeness (QED) is 0.840. The van der Waals surface area contributed by atoms with Gasteiger partial charge in [-0.3, -0.25) is 4.90 Å². The molecule has 3 heteroatoms. The van der Waals surface area contributed by atoms with Gasteiger partial charge in [-0.2, -0.15) is 0 Å². The van der Waals surface area contributed by atoms with Crippen LogP contribution in [0.5, 0.6) is 5.75 Å². The fourth-order valence-electron chi connectivity index (χ4n) is 5.58. The molecule has 1 aliphatic heterocycles. The van der Waals surface area contributed by atoms with Gasteiger partial charge in [0.25, 0.3) is 0 Å². The van der Waals surface area contributed by atoms with Gasteiger partial charge in [0.2, 0.25) is 0 Å². The van der Waals surface area contributed by atoms with Crippen molar-refractivity contribution in [1.29, 1.82) is 0 Å². The Morgan fingerprint density at radius 1 is 1.11 bits per heavy atom. The highest BCUT2D eigenvalue weighted by Gasteiger charge is 2.50. The molecule has 0 aromatic heterocycles. The highest BCUT2D eigenvalue weighted by molar-refractivity contribution is 5.36. The lowest BCUT2D eigenvalue weighted by Crippen LogP contribution is -2.60. The minimum Gasteiger partial charge on any atom is -0.508 e. The first kappa shape index (κ1) is 18.5. The Hall–Kier alpha value is -1.84. The lowest BCUT2D eigenvalue weighted by Gasteiger charge is -2.56. The summed E-state index contributed by atoms with van der Waals surface area (Å²) in [6.45, 7) is 4.65. The Kier molecular flexibility index (Phi) is 5.25. The molecule has 27 heavy (non-hydrogen) atoms. The minimum absolute atomic E-state index is 0.108. The van der Waals surface area contributed by atoms with Gasteiger partial charge in [-0.25, -0.2) is 0 Å². The van der Waals surface area contributed by atoms with Crippen molar-refractivity contribution in [3.63, 3.8) is 0 Å². The van der Waals surface area contributed by atoms with E-state index in [1.165, 1.54) is 17.5 Å². The van der Waals surface area contributed by atoms with Crippen LogP contribution in [-0.2, 0) is 11.8 Å². The number of phenols is 1. The van der Waals surface area contributed by atoms with Crippen molar-refractivity contribution in [2.75, 3.05) is 13.1 Å². The molecule has 2 fully saturated rings. The molecule has 1 saturated carbocycles. The minimum atomic E-state index is 0.108. The summed E-state index contributed by atoms with van der Waals surface area (Å²) in [5.41, 5.74) is 9.35. The average molecular weight is 365 g/mol. The fraction of sp³-hybridized carbons (Fsp3) is 0.500. The Bertz CT molecular complexity index is 762. The van der Waals surface area contributed by atoms with Crippen molar-refractivity contribution < 1.29 is 5.11 Å². The molecule has 3 nitrogen and oxygen atoms in total. The zero-order valence-electron chi connectivity index (χ0n) is 16.3. The van der Waals surface area contributed by atoms with Gasteiger partial charge in [-0.1, -0.05) is 49.4 Å². The van der Waals surface area contributed by atoms with E-state index in [0.29, 0.717) is 17.7 Å². The summed E-state index contributed by atoms with van der Waals surface area (Å²) in [7, 11) is 0. The van der Waals surface area contributed by atoms with Crippen LogP contribution >= 0.6 is 0 Å². The number of phenolic OH excluding ortho intramolecular Hbond substituents is 1. The van der Waals surface area contributed by atoms with Crippen LogP contribution in [-0.4, -0.2) is 35.2 Å². The Morgan fingerprint density at radius 2 is 1.93 bits per heavy atom. The molecular formula is C24H32N2O. The first-order chi connectivity index (χ1) is 13.1. The lowest BCUT2D eigenvalue weighted by atomic mass is 9.57. The van der Waals surface area contributed by atoms with E-state index in [1.807, 2.05) is 12.1 Å². The summed E-state index contributed by atoms with van der Waals surface area (Å²) in [5.74, 6) is 0.911. The van der Waals surface area contributed by atoms with Crippen LogP contribution in [0.3, 0.4) is 0 Å². The third-order valence-electron chi connectivity index (χ3n) is 6.94. The fourth-order valence-corrected chi connectivity index (χ4v) is 5.58. The smallest absolute Gasteiger partial charge is 0.115 e. The molecule has 1 aliphatic carbocycles. The zero-order valence-corrected chi connectivity index (χ0v) is 16.3. The third-order valence-corrected chi connectivity index (χ3v) is 6.94. The van der Waals surface area contributed by atoms with Gasteiger partial charge in [0.1, 0.15) is 5.75 Å². The van der Waals surface area contributed by atoms with E-state index in [9.17, 15) is 5.11 Å². The Morgan fingerprint density at radius 3 is 2.70 bits per heavy atom. The summed E-state index contributed by atoms with van der Waals surface area (Å²) in [4.78, 5) is 2.69. The molecule has 144 valence electrons. The van der Waals surface area contributed by atoms with Crippen molar-refractivity contribution in [3.05, 3.63) is 65.7 Å². The van der Waals surface area contributed by atoms with Crippen LogP contribution in [0.25, 0.3) is 0 Å². The second kappa shape index (κ2) is 7.65. The highest BCUT2D eigenvalue weighted by atomic mass is 16.3. The van der Waals surface area contributed by atoms with Gasteiger partial charge in [0.05, 0.1) is 0 Å². The van der Waals surface area contributed by atoms with Crippen molar-refractivity contribution in [2.45, 2.75) is 56.5 Å². The highest BCUT2D eigenvalue weighted by Crippen LogP contribution is 2.50. The third kappa shape index (κ3) is 3.76. The zero-order chi connectivity index (χ0) is 18.9. The summed E-state index contributed by atoms with van der Waals surface area (Å²) in [5, 5.41) is 10.0. The summed E-state index contributed by atoms with van der Waals surface area (Å²) >= 11 is 0. The van der Waals surface area contributed by atoms with Crippen LogP contribution in [0.15, 0.2) is 54.6 Å². The molecule has 1 saturated heterocycles. The number of piperidine rings is 1. The molecule has 2 aromatic carbocycles. The molecule has 0 radical (unpaired) electrons. The van der Waals surface area contributed by atoms with Gasteiger partial charge >= 0.3 is 0 Å². The first-order valence-electron chi connectivity index (χ1n) is 10.4. The predicted molar refractivity (Wildman–Crippen MR) is 111 cm³/mol. The molecule has 4 atom stereocenters. The number of benzene rings is 2. The number of aryl methyl sites for hydroxylation is 1. The molecule has 1 heterocycles. The van der Waals surface area contributed by atoms with Gasteiger partial charge in [-0.05, 0) is 67.8 Å². The predicted octanol–water partition coefficient (Wildman–Crippen LogP) is 4.09.